The van der Waals surface area contributed by atoms with Crippen LogP contribution in [-0.4, -0.2) is 34.4 Å². The molecule has 0 atom stereocenters. The fraction of sp³-hybridized carbons (Fsp3) is 0.333. The maximum atomic E-state index is 9.74. The summed E-state index contributed by atoms with van der Waals surface area (Å²) in [7, 11) is 0. The number of benzene rings is 2. The van der Waals surface area contributed by atoms with Crippen molar-refractivity contribution in [2.24, 2.45) is 0 Å². The summed E-state index contributed by atoms with van der Waals surface area (Å²) in [5, 5.41) is 17.3. The molecule has 3 aromatic rings. The fourth-order valence-corrected chi connectivity index (χ4v) is 3.44. The first-order valence-electron chi connectivity index (χ1n) is 9.35. The zero-order chi connectivity index (χ0) is 18.6. The van der Waals surface area contributed by atoms with Gasteiger partial charge in [-0.2, -0.15) is 4.98 Å². The van der Waals surface area contributed by atoms with Crippen LogP contribution in [0.4, 0.5) is 11.4 Å². The number of piperidine rings is 1. The lowest BCUT2D eigenvalue weighted by atomic mass is 10.1. The van der Waals surface area contributed by atoms with Gasteiger partial charge in [-0.25, -0.2) is 0 Å². The van der Waals surface area contributed by atoms with E-state index in [4.69, 9.17) is 4.52 Å². The van der Waals surface area contributed by atoms with Gasteiger partial charge in [-0.1, -0.05) is 41.6 Å². The second kappa shape index (κ2) is 7.80. The Kier molecular flexibility index (Phi) is 5.07. The van der Waals surface area contributed by atoms with Gasteiger partial charge in [0.15, 0.2) is 0 Å². The summed E-state index contributed by atoms with van der Waals surface area (Å²) < 4.78 is 5.42. The second-order valence-corrected chi connectivity index (χ2v) is 6.92. The molecule has 1 aliphatic rings. The highest BCUT2D eigenvalue weighted by atomic mass is 16.5. The van der Waals surface area contributed by atoms with E-state index in [9.17, 15) is 5.11 Å². The molecule has 4 rings (SSSR count). The van der Waals surface area contributed by atoms with Crippen LogP contribution in [-0.2, 0) is 6.54 Å². The van der Waals surface area contributed by atoms with Crippen LogP contribution in [0.1, 0.15) is 24.3 Å². The summed E-state index contributed by atoms with van der Waals surface area (Å²) >= 11 is 0. The predicted molar refractivity (Wildman–Crippen MR) is 106 cm³/mol. The SMILES string of the molecule is Cc1ccccc1-c1noc(CNc2ccccc2N2CCC(O)CC2)n1. The molecule has 2 N–H and O–H groups in total. The lowest BCUT2D eigenvalue weighted by Gasteiger charge is -2.32. The second-order valence-electron chi connectivity index (χ2n) is 6.92. The van der Waals surface area contributed by atoms with Crippen molar-refractivity contribution in [2.45, 2.75) is 32.4 Å². The van der Waals surface area contributed by atoms with E-state index in [0.29, 0.717) is 18.3 Å². The van der Waals surface area contributed by atoms with Gasteiger partial charge in [-0.05, 0) is 37.5 Å². The number of hydrogen-bond donors (Lipinski definition) is 2. The molecule has 2 heterocycles. The Morgan fingerprint density at radius 3 is 2.67 bits per heavy atom. The van der Waals surface area contributed by atoms with Crippen molar-refractivity contribution in [1.29, 1.82) is 0 Å². The van der Waals surface area contributed by atoms with E-state index in [1.54, 1.807) is 0 Å². The summed E-state index contributed by atoms with van der Waals surface area (Å²) in [5.41, 5.74) is 4.28. The minimum Gasteiger partial charge on any atom is -0.393 e. The van der Waals surface area contributed by atoms with Gasteiger partial charge in [0.1, 0.15) is 0 Å². The van der Waals surface area contributed by atoms with Crippen LogP contribution in [0.5, 0.6) is 0 Å². The first kappa shape index (κ1) is 17.5. The Balaban J connectivity index is 1.46. The third-order valence-electron chi connectivity index (χ3n) is 4.99. The summed E-state index contributed by atoms with van der Waals surface area (Å²) in [6, 6.07) is 16.2. The summed E-state index contributed by atoms with van der Waals surface area (Å²) in [6.45, 7) is 4.22. The molecule has 140 valence electrons. The zero-order valence-corrected chi connectivity index (χ0v) is 15.4. The van der Waals surface area contributed by atoms with Crippen LogP contribution in [0.2, 0.25) is 0 Å². The fourth-order valence-electron chi connectivity index (χ4n) is 3.44. The van der Waals surface area contributed by atoms with E-state index in [0.717, 1.165) is 48.4 Å². The predicted octanol–water partition coefficient (Wildman–Crippen LogP) is 3.62. The molecule has 0 bridgehead atoms. The summed E-state index contributed by atoms with van der Waals surface area (Å²) in [5.74, 6) is 1.17. The Labute approximate surface area is 158 Å². The van der Waals surface area contributed by atoms with Gasteiger partial charge >= 0.3 is 0 Å². The van der Waals surface area contributed by atoms with Crippen LogP contribution in [0.25, 0.3) is 11.4 Å². The minimum absolute atomic E-state index is 0.181. The molecule has 0 saturated carbocycles. The molecular formula is C21H24N4O2. The van der Waals surface area contributed by atoms with Gasteiger partial charge < -0.3 is 19.8 Å². The maximum absolute atomic E-state index is 9.74. The third kappa shape index (κ3) is 3.95. The molecule has 0 radical (unpaired) electrons. The van der Waals surface area contributed by atoms with Gasteiger partial charge in [-0.15, -0.1) is 0 Å². The van der Waals surface area contributed by atoms with Crippen molar-refractivity contribution < 1.29 is 9.63 Å². The monoisotopic (exact) mass is 364 g/mol. The van der Waals surface area contributed by atoms with E-state index in [-0.39, 0.29) is 6.10 Å². The molecular weight excluding hydrogens is 340 g/mol. The zero-order valence-electron chi connectivity index (χ0n) is 15.4. The number of aliphatic hydroxyl groups excluding tert-OH is 1. The molecule has 6 heteroatoms. The van der Waals surface area contributed by atoms with E-state index in [1.165, 1.54) is 0 Å². The number of nitrogens with one attached hydrogen (secondary N) is 1. The highest BCUT2D eigenvalue weighted by Crippen LogP contribution is 2.29. The molecule has 1 saturated heterocycles. The lowest BCUT2D eigenvalue weighted by Crippen LogP contribution is -2.36. The van der Waals surface area contributed by atoms with Gasteiger partial charge in [-0.3, -0.25) is 0 Å². The first-order chi connectivity index (χ1) is 13.2. The van der Waals surface area contributed by atoms with Crippen LogP contribution in [0, 0.1) is 6.92 Å². The average molecular weight is 364 g/mol. The number of para-hydroxylation sites is 2. The van der Waals surface area contributed by atoms with Crippen LogP contribution in [0.3, 0.4) is 0 Å². The van der Waals surface area contributed by atoms with Crippen molar-refractivity contribution in [1.82, 2.24) is 10.1 Å². The lowest BCUT2D eigenvalue weighted by molar-refractivity contribution is 0.145. The maximum Gasteiger partial charge on any atom is 0.246 e. The molecule has 0 unspecified atom stereocenters. The molecule has 2 aromatic carbocycles. The Morgan fingerprint density at radius 1 is 1.11 bits per heavy atom. The number of anilines is 2. The van der Waals surface area contributed by atoms with E-state index < -0.39 is 0 Å². The Bertz CT molecular complexity index is 900. The van der Waals surface area contributed by atoms with Gasteiger partial charge in [0.05, 0.1) is 24.0 Å². The topological polar surface area (TPSA) is 74.4 Å². The van der Waals surface area contributed by atoms with Gasteiger partial charge in [0, 0.05) is 18.7 Å². The molecule has 0 aliphatic carbocycles. The molecule has 1 aliphatic heterocycles. The van der Waals surface area contributed by atoms with Crippen LogP contribution in [0.15, 0.2) is 53.1 Å². The van der Waals surface area contributed by atoms with Crippen molar-refractivity contribution in [3.8, 4) is 11.4 Å². The first-order valence-corrected chi connectivity index (χ1v) is 9.35. The van der Waals surface area contributed by atoms with Crippen LogP contribution < -0.4 is 10.2 Å². The molecule has 6 nitrogen and oxygen atoms in total. The van der Waals surface area contributed by atoms with Gasteiger partial charge in [0.25, 0.3) is 0 Å². The normalized spacial score (nSPS) is 15.1. The number of hydrogen-bond acceptors (Lipinski definition) is 6. The largest absolute Gasteiger partial charge is 0.393 e. The quantitative estimate of drug-likeness (QED) is 0.720. The number of aliphatic hydroxyl groups is 1. The van der Waals surface area contributed by atoms with E-state index in [1.807, 2.05) is 43.3 Å². The molecule has 0 amide bonds. The molecule has 1 aromatic heterocycles. The molecule has 1 fully saturated rings. The number of aryl methyl sites for hydroxylation is 1. The number of rotatable bonds is 5. The van der Waals surface area contributed by atoms with Gasteiger partial charge in [0.2, 0.25) is 11.7 Å². The highest BCUT2D eigenvalue weighted by molar-refractivity contribution is 5.70. The smallest absolute Gasteiger partial charge is 0.246 e. The summed E-state index contributed by atoms with van der Waals surface area (Å²) in [6.07, 6.45) is 1.43. The highest BCUT2D eigenvalue weighted by Gasteiger charge is 2.19. The van der Waals surface area contributed by atoms with Crippen molar-refractivity contribution in [3.63, 3.8) is 0 Å². The number of nitrogens with zero attached hydrogens (tertiary/aromatic N) is 3. The minimum atomic E-state index is -0.181. The van der Waals surface area contributed by atoms with E-state index >= 15 is 0 Å². The third-order valence-corrected chi connectivity index (χ3v) is 4.99. The average Bonchev–Trinajstić information content (AvgIpc) is 3.16. The Morgan fingerprint density at radius 2 is 1.85 bits per heavy atom. The van der Waals surface area contributed by atoms with E-state index in [2.05, 4.69) is 32.5 Å². The van der Waals surface area contributed by atoms with Crippen molar-refractivity contribution in [3.05, 3.63) is 60.0 Å². The molecule has 27 heavy (non-hydrogen) atoms. The van der Waals surface area contributed by atoms with Crippen LogP contribution >= 0.6 is 0 Å². The standard InChI is InChI=1S/C21H24N4O2/c1-15-6-2-3-7-17(15)21-23-20(27-24-21)14-22-18-8-4-5-9-19(18)25-12-10-16(26)11-13-25/h2-9,16,22,26H,10-14H2,1H3. The molecule has 0 spiro atoms. The summed E-state index contributed by atoms with van der Waals surface area (Å²) in [4.78, 5) is 6.83. The van der Waals surface area contributed by atoms with Crippen molar-refractivity contribution >= 4 is 11.4 Å². The number of aromatic nitrogens is 2. The van der Waals surface area contributed by atoms with Crippen molar-refractivity contribution in [2.75, 3.05) is 23.3 Å². The Hall–Kier alpha value is -2.86.